The number of hydrogen-bond donors (Lipinski definition) is 1. The fourth-order valence-corrected chi connectivity index (χ4v) is 4.83. The molecule has 1 aliphatic heterocycles. The summed E-state index contributed by atoms with van der Waals surface area (Å²) in [6.45, 7) is 5.13. The molecule has 8 heteroatoms. The molecule has 1 amide bonds. The average molecular weight is 481 g/mol. The van der Waals surface area contributed by atoms with Gasteiger partial charge in [0.15, 0.2) is 0 Å². The lowest BCUT2D eigenvalue weighted by Crippen LogP contribution is -2.40. The number of rotatable bonds is 10. The first-order chi connectivity index (χ1) is 16.6. The molecule has 4 rings (SSSR count). The summed E-state index contributed by atoms with van der Waals surface area (Å²) < 4.78 is 10.6. The minimum atomic E-state index is 0.0820. The number of nitrogens with one attached hydrogen (secondary N) is 1. The Morgan fingerprint density at radius 2 is 1.88 bits per heavy atom. The van der Waals surface area contributed by atoms with Crippen LogP contribution in [0.1, 0.15) is 30.7 Å². The molecular formula is C26H32N4O3S. The van der Waals surface area contributed by atoms with Gasteiger partial charge in [0.05, 0.1) is 13.7 Å². The van der Waals surface area contributed by atoms with E-state index in [4.69, 9.17) is 9.26 Å². The van der Waals surface area contributed by atoms with Crippen LogP contribution in [-0.2, 0) is 11.3 Å². The summed E-state index contributed by atoms with van der Waals surface area (Å²) in [7, 11) is 1.64. The Hall–Kier alpha value is -2.84. The molecule has 1 fully saturated rings. The van der Waals surface area contributed by atoms with Gasteiger partial charge < -0.3 is 14.6 Å². The summed E-state index contributed by atoms with van der Waals surface area (Å²) in [4.78, 5) is 20.6. The SMILES string of the molecule is COc1ccc(-c2noc(CN3CCC(C(=O)NCCCSc4ccc(C)cc4)CC3)n2)cc1. The van der Waals surface area contributed by atoms with E-state index in [2.05, 4.69) is 51.5 Å². The molecule has 1 aliphatic rings. The van der Waals surface area contributed by atoms with E-state index in [-0.39, 0.29) is 11.8 Å². The molecular weight excluding hydrogens is 448 g/mol. The van der Waals surface area contributed by atoms with Gasteiger partial charge in [0, 0.05) is 22.9 Å². The predicted molar refractivity (Wildman–Crippen MR) is 134 cm³/mol. The molecule has 0 bridgehead atoms. The lowest BCUT2D eigenvalue weighted by molar-refractivity contribution is -0.126. The maximum absolute atomic E-state index is 12.6. The van der Waals surface area contributed by atoms with E-state index in [0.717, 1.165) is 56.0 Å². The van der Waals surface area contributed by atoms with E-state index in [1.54, 1.807) is 7.11 Å². The van der Waals surface area contributed by atoms with E-state index in [1.807, 2.05) is 36.0 Å². The van der Waals surface area contributed by atoms with Gasteiger partial charge in [0.2, 0.25) is 17.6 Å². The normalized spacial score (nSPS) is 14.8. The van der Waals surface area contributed by atoms with Crippen molar-refractivity contribution >= 4 is 17.7 Å². The minimum Gasteiger partial charge on any atom is -0.497 e. The highest BCUT2D eigenvalue weighted by Gasteiger charge is 2.25. The Morgan fingerprint density at radius 3 is 2.59 bits per heavy atom. The Morgan fingerprint density at radius 1 is 1.15 bits per heavy atom. The fourth-order valence-electron chi connectivity index (χ4n) is 3.97. The molecule has 0 saturated carbocycles. The number of aryl methyl sites for hydroxylation is 1. The van der Waals surface area contributed by atoms with E-state index in [9.17, 15) is 4.79 Å². The van der Waals surface area contributed by atoms with Crippen LogP contribution in [0.3, 0.4) is 0 Å². The molecule has 7 nitrogen and oxygen atoms in total. The smallest absolute Gasteiger partial charge is 0.241 e. The van der Waals surface area contributed by atoms with Crippen LogP contribution in [0.4, 0.5) is 0 Å². The number of carbonyl (C=O) groups is 1. The second kappa shape index (κ2) is 12.0. The topological polar surface area (TPSA) is 80.5 Å². The van der Waals surface area contributed by atoms with Crippen molar-refractivity contribution in [2.45, 2.75) is 37.6 Å². The summed E-state index contributed by atoms with van der Waals surface area (Å²) in [6.07, 6.45) is 2.67. The van der Waals surface area contributed by atoms with Crippen LogP contribution in [0.5, 0.6) is 5.75 Å². The number of ether oxygens (including phenoxy) is 1. The van der Waals surface area contributed by atoms with E-state index < -0.39 is 0 Å². The number of methoxy groups -OCH3 is 1. The van der Waals surface area contributed by atoms with Gasteiger partial charge >= 0.3 is 0 Å². The summed E-state index contributed by atoms with van der Waals surface area (Å²) in [5, 5.41) is 7.22. The predicted octanol–water partition coefficient (Wildman–Crippen LogP) is 4.56. The highest BCUT2D eigenvalue weighted by atomic mass is 32.2. The van der Waals surface area contributed by atoms with Crippen LogP contribution >= 0.6 is 11.8 Å². The number of likely N-dealkylation sites (tertiary alicyclic amines) is 1. The second-order valence-corrected chi connectivity index (χ2v) is 9.77. The molecule has 0 aliphatic carbocycles. The number of benzene rings is 2. The minimum absolute atomic E-state index is 0.0820. The summed E-state index contributed by atoms with van der Waals surface area (Å²) >= 11 is 1.84. The van der Waals surface area contributed by atoms with Crippen LogP contribution in [0, 0.1) is 12.8 Å². The van der Waals surface area contributed by atoms with Gasteiger partial charge in [-0.2, -0.15) is 4.98 Å². The lowest BCUT2D eigenvalue weighted by Gasteiger charge is -2.30. The number of amides is 1. The zero-order valence-corrected chi connectivity index (χ0v) is 20.6. The van der Waals surface area contributed by atoms with Gasteiger partial charge in [-0.3, -0.25) is 9.69 Å². The number of carbonyl (C=O) groups excluding carboxylic acids is 1. The van der Waals surface area contributed by atoms with Crippen LogP contribution in [-0.4, -0.2) is 53.4 Å². The molecule has 2 heterocycles. The Kier molecular flexibility index (Phi) is 8.60. The maximum Gasteiger partial charge on any atom is 0.241 e. The molecule has 0 spiro atoms. The van der Waals surface area contributed by atoms with Crippen molar-refractivity contribution in [2.24, 2.45) is 5.92 Å². The van der Waals surface area contributed by atoms with Crippen molar-refractivity contribution in [1.82, 2.24) is 20.4 Å². The first kappa shape index (κ1) is 24.3. The monoisotopic (exact) mass is 480 g/mol. The number of hydrogen-bond acceptors (Lipinski definition) is 7. The first-order valence-corrected chi connectivity index (χ1v) is 12.8. The third-order valence-corrected chi connectivity index (χ3v) is 7.14. The van der Waals surface area contributed by atoms with Gasteiger partial charge in [-0.15, -0.1) is 11.8 Å². The lowest BCUT2D eigenvalue weighted by atomic mass is 9.96. The summed E-state index contributed by atoms with van der Waals surface area (Å²) in [6, 6.07) is 16.2. The average Bonchev–Trinajstić information content (AvgIpc) is 3.34. The number of aromatic nitrogens is 2. The number of piperidine rings is 1. The quantitative estimate of drug-likeness (QED) is 0.336. The molecule has 34 heavy (non-hydrogen) atoms. The zero-order chi connectivity index (χ0) is 23.8. The molecule has 3 aromatic rings. The summed E-state index contributed by atoms with van der Waals surface area (Å²) in [5.74, 6) is 3.23. The van der Waals surface area contributed by atoms with Crippen LogP contribution in [0.15, 0.2) is 57.9 Å². The van der Waals surface area contributed by atoms with Crippen molar-refractivity contribution in [3.63, 3.8) is 0 Å². The molecule has 0 atom stereocenters. The van der Waals surface area contributed by atoms with Crippen molar-refractivity contribution in [2.75, 3.05) is 32.5 Å². The second-order valence-electron chi connectivity index (χ2n) is 8.60. The third-order valence-electron chi connectivity index (χ3n) is 6.04. The van der Waals surface area contributed by atoms with Crippen LogP contribution in [0.25, 0.3) is 11.4 Å². The molecule has 0 unspecified atom stereocenters. The molecule has 1 saturated heterocycles. The van der Waals surface area contributed by atoms with Gasteiger partial charge in [0.25, 0.3) is 0 Å². The molecule has 1 N–H and O–H groups in total. The Balaban J connectivity index is 1.14. The van der Waals surface area contributed by atoms with Crippen molar-refractivity contribution in [3.8, 4) is 17.1 Å². The highest BCUT2D eigenvalue weighted by molar-refractivity contribution is 7.99. The van der Waals surface area contributed by atoms with Crippen molar-refractivity contribution < 1.29 is 14.1 Å². The Bertz CT molecular complexity index is 1040. The maximum atomic E-state index is 12.6. The van der Waals surface area contributed by atoms with E-state index in [0.29, 0.717) is 18.3 Å². The Labute approximate surface area is 205 Å². The highest BCUT2D eigenvalue weighted by Crippen LogP contribution is 2.22. The molecule has 2 aromatic carbocycles. The van der Waals surface area contributed by atoms with Crippen molar-refractivity contribution in [1.29, 1.82) is 0 Å². The van der Waals surface area contributed by atoms with E-state index >= 15 is 0 Å². The zero-order valence-electron chi connectivity index (χ0n) is 19.8. The first-order valence-electron chi connectivity index (χ1n) is 11.8. The van der Waals surface area contributed by atoms with Crippen LogP contribution < -0.4 is 10.1 Å². The third kappa shape index (κ3) is 6.84. The summed E-state index contributed by atoms with van der Waals surface area (Å²) in [5.41, 5.74) is 2.17. The standard InChI is InChI=1S/C26H32N4O3S/c1-19-4-10-23(11-5-19)34-17-3-14-27-26(31)21-12-15-30(16-13-21)18-24-28-25(29-33-24)20-6-8-22(32-2)9-7-20/h4-11,21H,3,12-18H2,1-2H3,(H,27,31). The fraction of sp³-hybridized carbons (Fsp3) is 0.423. The van der Waals surface area contributed by atoms with E-state index in [1.165, 1.54) is 10.5 Å². The van der Waals surface area contributed by atoms with Gasteiger partial charge in [-0.05, 0) is 81.4 Å². The number of nitrogens with zero attached hydrogens (tertiary/aromatic N) is 3. The van der Waals surface area contributed by atoms with Gasteiger partial charge in [-0.1, -0.05) is 22.9 Å². The molecule has 1 aromatic heterocycles. The number of thioether (sulfide) groups is 1. The van der Waals surface area contributed by atoms with Gasteiger partial charge in [-0.25, -0.2) is 0 Å². The van der Waals surface area contributed by atoms with Crippen molar-refractivity contribution in [3.05, 3.63) is 60.0 Å². The van der Waals surface area contributed by atoms with Crippen LogP contribution in [0.2, 0.25) is 0 Å². The largest absolute Gasteiger partial charge is 0.497 e. The molecule has 0 radical (unpaired) electrons. The van der Waals surface area contributed by atoms with Gasteiger partial charge in [0.1, 0.15) is 5.75 Å². The molecule has 180 valence electrons.